The lowest BCUT2D eigenvalue weighted by molar-refractivity contribution is 0.170. The van der Waals surface area contributed by atoms with Gasteiger partial charge in [-0.1, -0.05) is 6.42 Å². The Kier molecular flexibility index (Phi) is 3.65. The molecule has 1 aliphatic heterocycles. The van der Waals surface area contributed by atoms with Crippen LogP contribution in [0.5, 0.6) is 0 Å². The lowest BCUT2D eigenvalue weighted by Gasteiger charge is -2.25. The predicted molar refractivity (Wildman–Crippen MR) is 71.8 cm³/mol. The van der Waals surface area contributed by atoms with Crippen LogP contribution in [0.3, 0.4) is 0 Å². The van der Waals surface area contributed by atoms with Crippen molar-refractivity contribution in [3.05, 3.63) is 23.4 Å². The van der Waals surface area contributed by atoms with Crippen LogP contribution in [0.2, 0.25) is 0 Å². The minimum Gasteiger partial charge on any atom is -0.407 e. The average Bonchev–Trinajstić information content (AvgIpc) is 2.82. The second-order valence-electron chi connectivity index (χ2n) is 4.58. The molecule has 0 spiro atoms. The SMILES string of the molecule is S=c1oc(-c2cnccn2)nn1CN1CCCCC1. The fourth-order valence-electron chi connectivity index (χ4n) is 2.20. The van der Waals surface area contributed by atoms with Gasteiger partial charge in [-0.2, -0.15) is 0 Å². The maximum atomic E-state index is 5.48. The molecule has 0 radical (unpaired) electrons. The molecule has 0 amide bonds. The molecule has 6 nitrogen and oxygen atoms in total. The van der Waals surface area contributed by atoms with Gasteiger partial charge in [0.05, 0.1) is 12.9 Å². The predicted octanol–water partition coefficient (Wildman–Crippen LogP) is 2.11. The van der Waals surface area contributed by atoms with Crippen LogP contribution >= 0.6 is 12.2 Å². The van der Waals surface area contributed by atoms with E-state index in [2.05, 4.69) is 20.0 Å². The molecule has 3 heterocycles. The van der Waals surface area contributed by atoms with Crippen LogP contribution in [0.15, 0.2) is 23.0 Å². The summed E-state index contributed by atoms with van der Waals surface area (Å²) >= 11 is 5.20. The highest BCUT2D eigenvalue weighted by Crippen LogP contribution is 2.15. The number of rotatable bonds is 3. The summed E-state index contributed by atoms with van der Waals surface area (Å²) in [4.78, 5) is 10.9. The molecule has 0 saturated carbocycles. The smallest absolute Gasteiger partial charge is 0.288 e. The molecule has 1 saturated heterocycles. The van der Waals surface area contributed by atoms with E-state index in [0.29, 0.717) is 23.1 Å². The van der Waals surface area contributed by atoms with E-state index in [0.717, 1.165) is 13.1 Å². The zero-order valence-electron chi connectivity index (χ0n) is 10.5. The van der Waals surface area contributed by atoms with Crippen molar-refractivity contribution in [2.24, 2.45) is 0 Å². The van der Waals surface area contributed by atoms with Crippen LogP contribution in [0, 0.1) is 4.84 Å². The van der Waals surface area contributed by atoms with Crippen molar-refractivity contribution in [1.29, 1.82) is 0 Å². The molecule has 19 heavy (non-hydrogen) atoms. The molecular formula is C12H15N5OS. The van der Waals surface area contributed by atoms with E-state index in [-0.39, 0.29) is 0 Å². The van der Waals surface area contributed by atoms with Crippen LogP contribution in [0.25, 0.3) is 11.6 Å². The summed E-state index contributed by atoms with van der Waals surface area (Å²) in [7, 11) is 0. The van der Waals surface area contributed by atoms with E-state index in [1.54, 1.807) is 23.3 Å². The van der Waals surface area contributed by atoms with Gasteiger partial charge in [-0.25, -0.2) is 9.67 Å². The third kappa shape index (κ3) is 2.87. The number of hydrogen-bond donors (Lipinski definition) is 0. The Morgan fingerprint density at radius 1 is 1.21 bits per heavy atom. The van der Waals surface area contributed by atoms with Crippen LogP contribution in [-0.2, 0) is 6.67 Å². The Morgan fingerprint density at radius 2 is 2.05 bits per heavy atom. The molecule has 0 aromatic carbocycles. The van der Waals surface area contributed by atoms with Gasteiger partial charge in [0.1, 0.15) is 5.69 Å². The highest BCUT2D eigenvalue weighted by molar-refractivity contribution is 7.71. The van der Waals surface area contributed by atoms with Gasteiger partial charge >= 0.3 is 0 Å². The van der Waals surface area contributed by atoms with Gasteiger partial charge in [0, 0.05) is 12.4 Å². The van der Waals surface area contributed by atoms with Crippen LogP contribution in [0.1, 0.15) is 19.3 Å². The number of aromatic nitrogens is 4. The van der Waals surface area contributed by atoms with Crippen molar-refractivity contribution < 1.29 is 4.42 Å². The van der Waals surface area contributed by atoms with Crippen molar-refractivity contribution in [2.75, 3.05) is 13.1 Å². The summed E-state index contributed by atoms with van der Waals surface area (Å²) in [6, 6.07) is 0. The zero-order chi connectivity index (χ0) is 13.1. The molecule has 0 aliphatic carbocycles. The standard InChI is InChI=1S/C12H15N5OS/c19-12-17(9-16-6-2-1-3-7-16)15-11(18-12)10-8-13-4-5-14-10/h4-5,8H,1-3,6-7,9H2. The fraction of sp³-hybridized carbons (Fsp3) is 0.500. The first-order chi connectivity index (χ1) is 9.33. The first-order valence-electron chi connectivity index (χ1n) is 6.39. The summed E-state index contributed by atoms with van der Waals surface area (Å²) in [5.41, 5.74) is 0.603. The summed E-state index contributed by atoms with van der Waals surface area (Å²) in [5.74, 6) is 0.426. The van der Waals surface area contributed by atoms with E-state index in [9.17, 15) is 0 Å². The maximum Gasteiger partial charge on any atom is 0.288 e. The van der Waals surface area contributed by atoms with Gasteiger partial charge in [-0.15, -0.1) is 5.10 Å². The van der Waals surface area contributed by atoms with Crippen molar-refractivity contribution in [1.82, 2.24) is 24.6 Å². The maximum absolute atomic E-state index is 5.48. The fourth-order valence-corrected chi connectivity index (χ4v) is 2.38. The zero-order valence-corrected chi connectivity index (χ0v) is 11.3. The Bertz CT molecular complexity index is 588. The van der Waals surface area contributed by atoms with E-state index in [1.807, 2.05) is 0 Å². The van der Waals surface area contributed by atoms with Crippen molar-refractivity contribution in [2.45, 2.75) is 25.9 Å². The number of hydrogen-bond acceptors (Lipinski definition) is 6. The molecule has 7 heteroatoms. The quantitative estimate of drug-likeness (QED) is 0.801. The molecular weight excluding hydrogens is 262 g/mol. The van der Waals surface area contributed by atoms with Gasteiger partial charge in [-0.05, 0) is 38.1 Å². The van der Waals surface area contributed by atoms with E-state index < -0.39 is 0 Å². The minimum absolute atomic E-state index is 0.381. The van der Waals surface area contributed by atoms with Gasteiger partial charge in [0.2, 0.25) is 0 Å². The lowest BCUT2D eigenvalue weighted by Crippen LogP contribution is -2.32. The van der Waals surface area contributed by atoms with Gasteiger partial charge in [-0.3, -0.25) is 9.88 Å². The molecule has 0 unspecified atom stereocenters. The lowest BCUT2D eigenvalue weighted by atomic mass is 10.1. The molecule has 3 rings (SSSR count). The van der Waals surface area contributed by atoms with Crippen LogP contribution < -0.4 is 0 Å². The summed E-state index contributed by atoms with van der Waals surface area (Å²) in [6.07, 6.45) is 8.63. The Morgan fingerprint density at radius 3 is 2.79 bits per heavy atom. The van der Waals surface area contributed by atoms with E-state index in [4.69, 9.17) is 16.6 Å². The van der Waals surface area contributed by atoms with E-state index >= 15 is 0 Å². The molecule has 2 aromatic rings. The van der Waals surface area contributed by atoms with Crippen LogP contribution in [-0.4, -0.2) is 37.7 Å². The highest BCUT2D eigenvalue weighted by atomic mass is 32.1. The first kappa shape index (κ1) is 12.4. The van der Waals surface area contributed by atoms with Gasteiger partial charge in [0.15, 0.2) is 0 Å². The second-order valence-corrected chi connectivity index (χ2v) is 4.93. The van der Waals surface area contributed by atoms with Crippen molar-refractivity contribution in [3.63, 3.8) is 0 Å². The van der Waals surface area contributed by atoms with Crippen molar-refractivity contribution >= 4 is 12.2 Å². The molecule has 0 bridgehead atoms. The number of piperidine rings is 1. The van der Waals surface area contributed by atoms with Gasteiger partial charge in [0.25, 0.3) is 10.7 Å². The first-order valence-corrected chi connectivity index (χ1v) is 6.80. The largest absolute Gasteiger partial charge is 0.407 e. The summed E-state index contributed by atoms with van der Waals surface area (Å²) in [6.45, 7) is 2.87. The Balaban J connectivity index is 1.79. The third-order valence-corrected chi connectivity index (χ3v) is 3.47. The minimum atomic E-state index is 0.381. The molecule has 1 aliphatic rings. The molecule has 100 valence electrons. The number of nitrogens with zero attached hydrogens (tertiary/aromatic N) is 5. The summed E-state index contributed by atoms with van der Waals surface area (Å²) in [5, 5.41) is 4.38. The monoisotopic (exact) mass is 277 g/mol. The molecule has 2 aromatic heterocycles. The molecule has 0 atom stereocenters. The average molecular weight is 277 g/mol. The topological polar surface area (TPSA) is 60.0 Å². The van der Waals surface area contributed by atoms with Crippen molar-refractivity contribution in [3.8, 4) is 11.6 Å². The normalized spacial score (nSPS) is 16.6. The second kappa shape index (κ2) is 5.58. The van der Waals surface area contributed by atoms with E-state index in [1.165, 1.54) is 19.3 Å². The highest BCUT2D eigenvalue weighted by Gasteiger charge is 2.14. The Labute approximate surface area is 116 Å². The van der Waals surface area contributed by atoms with Gasteiger partial charge < -0.3 is 4.42 Å². The molecule has 0 N–H and O–H groups in total. The van der Waals surface area contributed by atoms with Crippen LogP contribution in [0.4, 0.5) is 0 Å². The summed E-state index contributed by atoms with van der Waals surface area (Å²) < 4.78 is 7.19. The third-order valence-electron chi connectivity index (χ3n) is 3.17. The Hall–Kier alpha value is -1.60. The number of likely N-dealkylation sites (tertiary alicyclic amines) is 1. The molecule has 1 fully saturated rings.